The SMILES string of the molecule is CC(=O)c1cccc(S(=O)(=O)NCC2NCCCC2(C)C)c1.Cl. The van der Waals surface area contributed by atoms with Crippen LogP contribution in [-0.4, -0.2) is 33.3 Å². The summed E-state index contributed by atoms with van der Waals surface area (Å²) in [5.74, 6) is -0.146. The lowest BCUT2D eigenvalue weighted by Crippen LogP contribution is -2.52. The lowest BCUT2D eigenvalue weighted by molar-refractivity contribution is 0.101. The lowest BCUT2D eigenvalue weighted by Gasteiger charge is -2.39. The van der Waals surface area contributed by atoms with Crippen LogP contribution in [0, 0.1) is 5.41 Å². The summed E-state index contributed by atoms with van der Waals surface area (Å²) in [4.78, 5) is 11.5. The van der Waals surface area contributed by atoms with Crippen LogP contribution < -0.4 is 10.0 Å². The zero-order chi connectivity index (χ0) is 16.4. The molecule has 1 fully saturated rings. The van der Waals surface area contributed by atoms with Gasteiger partial charge in [-0.15, -0.1) is 12.4 Å². The smallest absolute Gasteiger partial charge is 0.240 e. The number of piperidine rings is 1. The topological polar surface area (TPSA) is 75.3 Å². The van der Waals surface area contributed by atoms with Gasteiger partial charge in [-0.05, 0) is 43.9 Å². The number of nitrogens with one attached hydrogen (secondary N) is 2. The monoisotopic (exact) mass is 360 g/mol. The Morgan fingerprint density at radius 2 is 2.09 bits per heavy atom. The Morgan fingerprint density at radius 3 is 2.70 bits per heavy atom. The van der Waals surface area contributed by atoms with Crippen LogP contribution in [0.15, 0.2) is 29.2 Å². The van der Waals surface area contributed by atoms with Crippen molar-refractivity contribution in [2.75, 3.05) is 13.1 Å². The first-order chi connectivity index (χ1) is 10.2. The minimum Gasteiger partial charge on any atom is -0.312 e. The predicted molar refractivity (Wildman–Crippen MR) is 93.7 cm³/mol. The number of Topliss-reactive ketones (excluding diaryl/α,β-unsaturated/α-hetero) is 1. The fourth-order valence-corrected chi connectivity index (χ4v) is 3.87. The summed E-state index contributed by atoms with van der Waals surface area (Å²) >= 11 is 0. The average Bonchev–Trinajstić information content (AvgIpc) is 2.46. The number of benzene rings is 1. The number of carbonyl (C=O) groups is 1. The maximum Gasteiger partial charge on any atom is 0.240 e. The highest BCUT2D eigenvalue weighted by molar-refractivity contribution is 7.89. The van der Waals surface area contributed by atoms with E-state index in [1.165, 1.54) is 19.1 Å². The summed E-state index contributed by atoms with van der Waals surface area (Å²) < 4.78 is 27.5. The first-order valence-corrected chi connectivity index (χ1v) is 9.05. The molecule has 0 radical (unpaired) electrons. The second-order valence-corrected chi connectivity index (χ2v) is 8.30. The van der Waals surface area contributed by atoms with Crippen molar-refractivity contribution in [1.82, 2.24) is 10.0 Å². The first-order valence-electron chi connectivity index (χ1n) is 7.56. The molecule has 1 heterocycles. The Hall–Kier alpha value is -0.950. The Balaban J connectivity index is 0.00000264. The molecule has 1 unspecified atom stereocenters. The number of hydrogen-bond donors (Lipinski definition) is 2. The fourth-order valence-electron chi connectivity index (χ4n) is 2.78. The van der Waals surface area contributed by atoms with Crippen molar-refractivity contribution in [3.05, 3.63) is 29.8 Å². The zero-order valence-corrected chi connectivity index (χ0v) is 15.4. The Morgan fingerprint density at radius 1 is 1.39 bits per heavy atom. The van der Waals surface area contributed by atoms with Gasteiger partial charge in [0.05, 0.1) is 4.90 Å². The molecular weight excluding hydrogens is 336 g/mol. The molecule has 0 saturated carbocycles. The van der Waals surface area contributed by atoms with Gasteiger partial charge in [-0.1, -0.05) is 26.0 Å². The van der Waals surface area contributed by atoms with E-state index in [1.54, 1.807) is 12.1 Å². The largest absolute Gasteiger partial charge is 0.312 e. The maximum atomic E-state index is 12.4. The van der Waals surface area contributed by atoms with Crippen molar-refractivity contribution in [2.45, 2.75) is 44.6 Å². The molecule has 1 atom stereocenters. The van der Waals surface area contributed by atoms with Crippen molar-refractivity contribution in [1.29, 1.82) is 0 Å². The summed E-state index contributed by atoms with van der Waals surface area (Å²) in [5.41, 5.74) is 0.459. The van der Waals surface area contributed by atoms with Crippen LogP contribution in [0.1, 0.15) is 44.0 Å². The molecule has 130 valence electrons. The molecule has 0 spiro atoms. The highest BCUT2D eigenvalue weighted by Crippen LogP contribution is 2.29. The zero-order valence-electron chi connectivity index (χ0n) is 13.8. The Labute approximate surface area is 144 Å². The number of hydrogen-bond acceptors (Lipinski definition) is 4. The van der Waals surface area contributed by atoms with E-state index in [2.05, 4.69) is 23.9 Å². The van der Waals surface area contributed by atoms with Crippen LogP contribution in [0.5, 0.6) is 0 Å². The van der Waals surface area contributed by atoms with Crippen LogP contribution >= 0.6 is 12.4 Å². The molecule has 1 aromatic carbocycles. The van der Waals surface area contributed by atoms with Crippen molar-refractivity contribution < 1.29 is 13.2 Å². The van der Waals surface area contributed by atoms with E-state index in [-0.39, 0.29) is 34.5 Å². The van der Waals surface area contributed by atoms with E-state index >= 15 is 0 Å². The van der Waals surface area contributed by atoms with Crippen LogP contribution in [-0.2, 0) is 10.0 Å². The molecule has 0 amide bonds. The molecule has 1 aromatic rings. The molecule has 23 heavy (non-hydrogen) atoms. The van der Waals surface area contributed by atoms with Crippen molar-refractivity contribution in [3.63, 3.8) is 0 Å². The van der Waals surface area contributed by atoms with Gasteiger partial charge in [0.2, 0.25) is 10.0 Å². The predicted octanol–water partition coefficient (Wildman–Crippen LogP) is 2.37. The van der Waals surface area contributed by atoms with E-state index in [1.807, 2.05) is 0 Å². The Kier molecular flexibility index (Phi) is 6.77. The van der Waals surface area contributed by atoms with E-state index in [9.17, 15) is 13.2 Å². The number of rotatable bonds is 5. The maximum absolute atomic E-state index is 12.4. The minimum atomic E-state index is -3.61. The molecule has 2 rings (SSSR count). The number of carbonyl (C=O) groups excluding carboxylic acids is 1. The summed E-state index contributed by atoms with van der Waals surface area (Å²) in [6.07, 6.45) is 2.18. The summed E-state index contributed by atoms with van der Waals surface area (Å²) in [7, 11) is -3.61. The number of ketones is 1. The van der Waals surface area contributed by atoms with E-state index < -0.39 is 10.0 Å². The standard InChI is InChI=1S/C16H24N2O3S.ClH/c1-12(19)13-6-4-7-14(10-13)22(20,21)18-11-15-16(2,3)8-5-9-17-15;/h4,6-7,10,15,17-18H,5,8-9,11H2,1-3H3;1H. The third kappa shape index (κ3) is 5.01. The minimum absolute atomic E-state index is 0. The van der Waals surface area contributed by atoms with Gasteiger partial charge >= 0.3 is 0 Å². The molecule has 1 saturated heterocycles. The van der Waals surface area contributed by atoms with E-state index in [4.69, 9.17) is 0 Å². The van der Waals surface area contributed by atoms with Crippen molar-refractivity contribution in [2.24, 2.45) is 5.41 Å². The second kappa shape index (κ2) is 7.75. The number of halogens is 1. The van der Waals surface area contributed by atoms with Gasteiger partial charge in [0.1, 0.15) is 0 Å². The van der Waals surface area contributed by atoms with Crippen LogP contribution in [0.2, 0.25) is 0 Å². The van der Waals surface area contributed by atoms with Crippen LogP contribution in [0.3, 0.4) is 0 Å². The number of sulfonamides is 1. The quantitative estimate of drug-likeness (QED) is 0.790. The highest BCUT2D eigenvalue weighted by atomic mass is 35.5. The Bertz CT molecular complexity index is 659. The van der Waals surface area contributed by atoms with Crippen LogP contribution in [0.25, 0.3) is 0 Å². The summed E-state index contributed by atoms with van der Waals surface area (Å²) in [6.45, 7) is 6.98. The molecule has 1 aliphatic rings. The third-order valence-corrected chi connectivity index (χ3v) is 5.78. The van der Waals surface area contributed by atoms with Crippen molar-refractivity contribution >= 4 is 28.2 Å². The lowest BCUT2D eigenvalue weighted by atomic mass is 9.78. The molecule has 0 aromatic heterocycles. The normalized spacial score (nSPS) is 20.6. The molecule has 0 bridgehead atoms. The van der Waals surface area contributed by atoms with Gasteiger partial charge in [-0.2, -0.15) is 0 Å². The van der Waals surface area contributed by atoms with Crippen molar-refractivity contribution in [3.8, 4) is 0 Å². The highest BCUT2D eigenvalue weighted by Gasteiger charge is 2.32. The van der Waals surface area contributed by atoms with Gasteiger partial charge < -0.3 is 5.32 Å². The van der Waals surface area contributed by atoms with E-state index in [0.29, 0.717) is 12.1 Å². The average molecular weight is 361 g/mol. The second-order valence-electron chi connectivity index (χ2n) is 6.53. The van der Waals surface area contributed by atoms with Gasteiger partial charge in [0, 0.05) is 18.2 Å². The molecule has 0 aliphatic carbocycles. The molecule has 5 nitrogen and oxygen atoms in total. The summed E-state index contributed by atoms with van der Waals surface area (Å²) in [6, 6.07) is 6.24. The van der Waals surface area contributed by atoms with Gasteiger partial charge in [0.15, 0.2) is 5.78 Å². The van der Waals surface area contributed by atoms with Gasteiger partial charge in [0.25, 0.3) is 0 Å². The molecule has 7 heteroatoms. The molecular formula is C16H25ClN2O3S. The fraction of sp³-hybridized carbons (Fsp3) is 0.562. The third-order valence-electron chi connectivity index (χ3n) is 4.36. The van der Waals surface area contributed by atoms with Gasteiger partial charge in [-0.25, -0.2) is 13.1 Å². The summed E-state index contributed by atoms with van der Waals surface area (Å²) in [5, 5.41) is 3.38. The molecule has 1 aliphatic heterocycles. The first kappa shape index (κ1) is 20.1. The van der Waals surface area contributed by atoms with Crippen LogP contribution in [0.4, 0.5) is 0 Å². The molecule has 2 N–H and O–H groups in total. The van der Waals surface area contributed by atoms with E-state index in [0.717, 1.165) is 19.4 Å². The van der Waals surface area contributed by atoms with Gasteiger partial charge in [-0.3, -0.25) is 4.79 Å².